The second-order valence-electron chi connectivity index (χ2n) is 14.9. The minimum Gasteiger partial charge on any atom is -0.389 e. The Morgan fingerprint density at radius 3 is 2.16 bits per heavy atom. The van der Waals surface area contributed by atoms with E-state index in [2.05, 4.69) is 12.2 Å². The summed E-state index contributed by atoms with van der Waals surface area (Å²) in [5.74, 6) is -1.37. The number of aliphatic hydroxyl groups excluding tert-OH is 5. The number of H-pyrrole nitrogens is 1. The molecule has 0 bridgehead atoms. The van der Waals surface area contributed by atoms with Gasteiger partial charge in [0.25, 0.3) is 11.5 Å². The van der Waals surface area contributed by atoms with Crippen LogP contribution < -0.4 is 22.3 Å². The number of hydrogen-bond acceptors (Lipinski definition) is 15. The molecule has 0 radical (unpaired) electrons. The van der Waals surface area contributed by atoms with Crippen molar-refractivity contribution in [2.24, 2.45) is 5.73 Å². The maximum absolute atomic E-state index is 13.7. The normalized spacial score (nSPS) is 29.7. The Labute approximate surface area is 325 Å². The Kier molecular flexibility index (Phi) is 17.0. The van der Waals surface area contributed by atoms with Crippen LogP contribution in [-0.2, 0) is 23.8 Å². The number of urea groups is 1. The van der Waals surface area contributed by atoms with E-state index >= 15 is 0 Å². The number of aromatic amines is 1. The smallest absolute Gasteiger partial charge is 0.330 e. The van der Waals surface area contributed by atoms with Gasteiger partial charge in [-0.3, -0.25) is 33.7 Å². The van der Waals surface area contributed by atoms with E-state index in [1.165, 1.54) is 58.1 Å². The third kappa shape index (κ3) is 10.4. The lowest BCUT2D eigenvalue weighted by molar-refractivity contribution is -0.233. The van der Waals surface area contributed by atoms with Gasteiger partial charge in [0.05, 0.1) is 6.10 Å². The van der Waals surface area contributed by atoms with Crippen LogP contribution in [0.15, 0.2) is 21.9 Å². The van der Waals surface area contributed by atoms with Gasteiger partial charge in [0, 0.05) is 46.0 Å². The van der Waals surface area contributed by atoms with Crippen molar-refractivity contribution in [3.05, 3.63) is 33.1 Å². The number of ether oxygens (including phenoxy) is 3. The molecule has 0 saturated carbocycles. The Morgan fingerprint density at radius 1 is 0.964 bits per heavy atom. The maximum Gasteiger partial charge on any atom is 0.330 e. The molecule has 4 amide bonds. The summed E-state index contributed by atoms with van der Waals surface area (Å²) in [6.07, 6.45) is -4.25. The highest BCUT2D eigenvalue weighted by molar-refractivity contribution is 6.04. The number of aliphatic hydroxyl groups is 5. The van der Waals surface area contributed by atoms with Crippen LogP contribution in [0.5, 0.6) is 0 Å². The predicted octanol–water partition coefficient (Wildman–Crippen LogP) is -2.46. The SMILES string of the molecule is CCCCCCCCCCCCN1C(=O)C([C@@H](O)CN(C)[C@H](C(=O)NC)[C@@H](OC2O[C@H](CN)[C@@H](O)[C@H]2O)C2OC(n3ccc(=O)[nH]c3=O)[C@H](O)[C@@H]2O)N(C)C1=O. The summed E-state index contributed by atoms with van der Waals surface area (Å²) in [5.41, 5.74) is 3.98. The molecule has 3 aliphatic heterocycles. The first-order chi connectivity index (χ1) is 26.7. The van der Waals surface area contributed by atoms with Crippen molar-refractivity contribution < 1.29 is 54.1 Å². The zero-order chi connectivity index (χ0) is 41.3. The van der Waals surface area contributed by atoms with Crippen molar-refractivity contribution in [2.75, 3.05) is 40.8 Å². The van der Waals surface area contributed by atoms with E-state index in [1.807, 2.05) is 4.98 Å². The highest BCUT2D eigenvalue weighted by atomic mass is 16.7. The monoisotopic (exact) mass is 799 g/mol. The number of likely N-dealkylation sites (N-methyl/N-ethyl adjacent to an activating group) is 3. The number of amides is 4. The van der Waals surface area contributed by atoms with Crippen molar-refractivity contribution in [2.45, 2.75) is 145 Å². The van der Waals surface area contributed by atoms with Crippen LogP contribution in [0.1, 0.15) is 77.4 Å². The van der Waals surface area contributed by atoms with Gasteiger partial charge < -0.3 is 55.7 Å². The molecule has 3 saturated heterocycles. The van der Waals surface area contributed by atoms with Gasteiger partial charge >= 0.3 is 11.7 Å². The Morgan fingerprint density at radius 2 is 1.59 bits per heavy atom. The number of rotatable bonds is 22. The summed E-state index contributed by atoms with van der Waals surface area (Å²) in [7, 11) is 4.09. The lowest BCUT2D eigenvalue weighted by Gasteiger charge is -2.39. The molecule has 4 heterocycles. The highest BCUT2D eigenvalue weighted by Gasteiger charge is 2.55. The fraction of sp³-hybridized carbons (Fsp3) is 0.806. The third-order valence-electron chi connectivity index (χ3n) is 10.9. The summed E-state index contributed by atoms with van der Waals surface area (Å²) in [4.78, 5) is 70.4. The summed E-state index contributed by atoms with van der Waals surface area (Å²) in [5, 5.41) is 57.7. The number of nitrogens with one attached hydrogen (secondary N) is 2. The fourth-order valence-electron chi connectivity index (χ4n) is 7.69. The van der Waals surface area contributed by atoms with E-state index in [-0.39, 0.29) is 13.1 Å². The number of unbranched alkanes of at least 4 members (excludes halogenated alkanes) is 9. The van der Waals surface area contributed by atoms with Crippen LogP contribution in [0.2, 0.25) is 0 Å². The van der Waals surface area contributed by atoms with Crippen LogP contribution in [0.25, 0.3) is 0 Å². The van der Waals surface area contributed by atoms with Gasteiger partial charge in [-0.1, -0.05) is 64.7 Å². The largest absolute Gasteiger partial charge is 0.389 e. The fourth-order valence-corrected chi connectivity index (χ4v) is 7.69. The molecule has 0 spiro atoms. The Bertz CT molecular complexity index is 1560. The molecule has 318 valence electrons. The van der Waals surface area contributed by atoms with Crippen LogP contribution in [0.4, 0.5) is 4.79 Å². The average Bonchev–Trinajstić information content (AvgIpc) is 3.69. The van der Waals surface area contributed by atoms with Crippen LogP contribution in [-0.4, -0.2) is 176 Å². The minimum absolute atomic E-state index is 0.187. The first-order valence-electron chi connectivity index (χ1n) is 19.6. The van der Waals surface area contributed by atoms with Crippen molar-refractivity contribution in [3.63, 3.8) is 0 Å². The summed E-state index contributed by atoms with van der Waals surface area (Å²) in [6, 6.07) is -2.42. The second kappa shape index (κ2) is 20.9. The zero-order valence-corrected chi connectivity index (χ0v) is 32.6. The van der Waals surface area contributed by atoms with Crippen LogP contribution in [0, 0.1) is 0 Å². The van der Waals surface area contributed by atoms with E-state index in [0.29, 0.717) is 6.42 Å². The van der Waals surface area contributed by atoms with E-state index in [4.69, 9.17) is 19.9 Å². The second-order valence-corrected chi connectivity index (χ2v) is 14.9. The Hall–Kier alpha value is -3.31. The molecular weight excluding hydrogens is 738 g/mol. The van der Waals surface area contributed by atoms with Crippen LogP contribution >= 0.6 is 0 Å². The average molecular weight is 800 g/mol. The molecule has 0 aromatic carbocycles. The lowest BCUT2D eigenvalue weighted by Crippen LogP contribution is -2.61. The first-order valence-corrected chi connectivity index (χ1v) is 19.6. The Balaban J connectivity index is 1.51. The molecule has 12 atom stereocenters. The summed E-state index contributed by atoms with van der Waals surface area (Å²) >= 11 is 0. The lowest BCUT2D eigenvalue weighted by atomic mass is 9.96. The molecule has 3 aliphatic rings. The number of hydrogen-bond donors (Lipinski definition) is 8. The van der Waals surface area contributed by atoms with Gasteiger partial charge in [-0.05, 0) is 13.5 Å². The van der Waals surface area contributed by atoms with E-state index in [1.54, 1.807) is 0 Å². The molecule has 1 aromatic heterocycles. The van der Waals surface area contributed by atoms with Crippen molar-refractivity contribution in [1.29, 1.82) is 0 Å². The quantitative estimate of drug-likeness (QED) is 0.0446. The molecule has 4 rings (SSSR count). The van der Waals surface area contributed by atoms with Gasteiger partial charge in [0.2, 0.25) is 5.91 Å². The molecule has 20 heteroatoms. The van der Waals surface area contributed by atoms with Gasteiger partial charge in [-0.25, -0.2) is 9.59 Å². The highest BCUT2D eigenvalue weighted by Crippen LogP contribution is 2.35. The summed E-state index contributed by atoms with van der Waals surface area (Å²) < 4.78 is 18.5. The number of imide groups is 1. The molecule has 56 heavy (non-hydrogen) atoms. The molecule has 20 nitrogen and oxygen atoms in total. The maximum atomic E-state index is 13.7. The van der Waals surface area contributed by atoms with Gasteiger partial charge in [0.15, 0.2) is 12.5 Å². The van der Waals surface area contributed by atoms with E-state index in [0.717, 1.165) is 52.3 Å². The van der Waals surface area contributed by atoms with Gasteiger partial charge in [-0.2, -0.15) is 0 Å². The summed E-state index contributed by atoms with van der Waals surface area (Å²) in [6.45, 7) is 1.73. The first kappa shape index (κ1) is 45.4. The number of nitrogens with two attached hydrogens (primary N) is 1. The molecule has 0 aliphatic carbocycles. The molecule has 1 aromatic rings. The number of nitrogens with zero attached hydrogens (tertiary/aromatic N) is 4. The van der Waals surface area contributed by atoms with Crippen LogP contribution in [0.3, 0.4) is 0 Å². The number of carbonyl (C=O) groups is 3. The topological polar surface area (TPSA) is 283 Å². The van der Waals surface area contributed by atoms with E-state index < -0.39 is 109 Å². The van der Waals surface area contributed by atoms with Crippen molar-refractivity contribution in [3.8, 4) is 0 Å². The van der Waals surface area contributed by atoms with Gasteiger partial charge in [0.1, 0.15) is 54.8 Å². The third-order valence-corrected chi connectivity index (χ3v) is 10.9. The number of carbonyl (C=O) groups excluding carboxylic acids is 3. The van der Waals surface area contributed by atoms with Gasteiger partial charge in [-0.15, -0.1) is 0 Å². The molecule has 9 N–H and O–H groups in total. The van der Waals surface area contributed by atoms with E-state index in [9.17, 15) is 49.5 Å². The standard InChI is InChI=1S/C36H61N7O13/c1-5-6-7-8-9-10-11-12-13-14-16-42-32(51)23(41(4)36(42)53)20(44)19-40(3)24(31(50)38-2)29(56-34-28(49)25(46)21(18-37)54-34)30-26(47)27(48)33(55-30)43-17-15-22(45)39-35(43)52/h15,17,20-21,23-30,33-34,44,46-49H,5-14,16,18-19,37H2,1-4H3,(H,38,50)(H,39,45,52)/t20-,21+,23?,24-,25+,26-,27+,28+,29+,30?,33?,34?/m0/s1. The molecule has 4 unspecified atom stereocenters. The zero-order valence-electron chi connectivity index (χ0n) is 32.6. The molecular formula is C36H61N7O13. The number of aromatic nitrogens is 2. The molecule has 3 fully saturated rings. The van der Waals surface area contributed by atoms with Crippen molar-refractivity contribution in [1.82, 2.24) is 29.6 Å². The van der Waals surface area contributed by atoms with Crippen molar-refractivity contribution >= 4 is 17.8 Å². The predicted molar refractivity (Wildman–Crippen MR) is 199 cm³/mol. The minimum atomic E-state index is -1.86.